The van der Waals surface area contributed by atoms with Crippen molar-refractivity contribution >= 4 is 5.78 Å². The number of carbonyl (C=O) groups excluding carboxylic acids is 1. The number of nitrogens with zero attached hydrogens (tertiary/aromatic N) is 1. The van der Waals surface area contributed by atoms with Gasteiger partial charge in [0.05, 0.1) is 11.8 Å². The quantitative estimate of drug-likeness (QED) is 0.757. The highest BCUT2D eigenvalue weighted by Crippen LogP contribution is 2.34. The van der Waals surface area contributed by atoms with E-state index < -0.39 is 0 Å². The van der Waals surface area contributed by atoms with Gasteiger partial charge in [-0.3, -0.25) is 4.79 Å². The lowest BCUT2D eigenvalue weighted by Crippen LogP contribution is -2.12. The molecule has 0 radical (unpaired) electrons. The van der Waals surface area contributed by atoms with E-state index in [0.29, 0.717) is 11.3 Å². The summed E-state index contributed by atoms with van der Waals surface area (Å²) in [6.45, 7) is 12.2. The van der Waals surface area contributed by atoms with Crippen LogP contribution in [0, 0.1) is 13.8 Å². The van der Waals surface area contributed by atoms with Crippen molar-refractivity contribution in [3.63, 3.8) is 0 Å². The van der Waals surface area contributed by atoms with Crippen molar-refractivity contribution in [3.05, 3.63) is 40.6 Å². The highest BCUT2D eigenvalue weighted by atomic mass is 16.5. The molecule has 0 saturated carbocycles. The zero-order valence-corrected chi connectivity index (χ0v) is 13.0. The highest BCUT2D eigenvalue weighted by molar-refractivity contribution is 5.99. The van der Waals surface area contributed by atoms with Gasteiger partial charge in [0.2, 0.25) is 0 Å². The van der Waals surface area contributed by atoms with Gasteiger partial charge in [0.1, 0.15) is 0 Å². The molecule has 0 saturated heterocycles. The van der Waals surface area contributed by atoms with Crippen LogP contribution in [-0.4, -0.2) is 10.9 Å². The average molecular weight is 271 g/mol. The maximum absolute atomic E-state index is 11.6. The number of hydrogen-bond acceptors (Lipinski definition) is 3. The first-order chi connectivity index (χ1) is 9.21. The van der Waals surface area contributed by atoms with Gasteiger partial charge in [-0.15, -0.1) is 0 Å². The largest absolute Gasteiger partial charge is 0.355 e. The summed E-state index contributed by atoms with van der Waals surface area (Å²) >= 11 is 0. The van der Waals surface area contributed by atoms with E-state index in [1.165, 1.54) is 18.7 Å². The SMILES string of the molecule is CC(=O)c1cnoc1-c1c(C)cc(C(C)(C)C)cc1C. The third-order valence-electron chi connectivity index (χ3n) is 3.58. The normalized spacial score (nSPS) is 11.7. The number of carbonyl (C=O) groups is 1. The first-order valence-corrected chi connectivity index (χ1v) is 6.79. The number of rotatable bonds is 2. The number of benzene rings is 1. The van der Waals surface area contributed by atoms with Crippen LogP contribution in [0.4, 0.5) is 0 Å². The maximum atomic E-state index is 11.6. The van der Waals surface area contributed by atoms with Crippen molar-refractivity contribution in [1.82, 2.24) is 5.16 Å². The Balaban J connectivity index is 2.65. The van der Waals surface area contributed by atoms with Gasteiger partial charge in [0, 0.05) is 5.56 Å². The van der Waals surface area contributed by atoms with Crippen molar-refractivity contribution in [2.45, 2.75) is 47.0 Å². The first kappa shape index (κ1) is 14.5. The Bertz CT molecular complexity index is 637. The van der Waals surface area contributed by atoms with E-state index in [0.717, 1.165) is 16.7 Å². The number of aryl methyl sites for hydroxylation is 2. The van der Waals surface area contributed by atoms with Crippen molar-refractivity contribution in [2.75, 3.05) is 0 Å². The molecule has 0 spiro atoms. The Morgan fingerprint density at radius 3 is 2.15 bits per heavy atom. The Morgan fingerprint density at radius 2 is 1.70 bits per heavy atom. The Kier molecular flexibility index (Phi) is 3.55. The van der Waals surface area contributed by atoms with Gasteiger partial charge in [-0.2, -0.15) is 0 Å². The van der Waals surface area contributed by atoms with E-state index in [1.807, 2.05) is 13.8 Å². The van der Waals surface area contributed by atoms with E-state index in [1.54, 1.807) is 0 Å². The van der Waals surface area contributed by atoms with Gasteiger partial charge in [0.25, 0.3) is 0 Å². The molecule has 0 aliphatic carbocycles. The summed E-state index contributed by atoms with van der Waals surface area (Å²) in [6, 6.07) is 4.32. The Morgan fingerprint density at radius 1 is 1.15 bits per heavy atom. The Hall–Kier alpha value is -1.90. The summed E-state index contributed by atoms with van der Waals surface area (Å²) in [5, 5.41) is 3.78. The highest BCUT2D eigenvalue weighted by Gasteiger charge is 2.21. The van der Waals surface area contributed by atoms with Gasteiger partial charge in [-0.25, -0.2) is 0 Å². The van der Waals surface area contributed by atoms with Gasteiger partial charge >= 0.3 is 0 Å². The number of ketones is 1. The number of aromatic nitrogens is 1. The van der Waals surface area contributed by atoms with Crippen LogP contribution in [0.2, 0.25) is 0 Å². The first-order valence-electron chi connectivity index (χ1n) is 6.79. The van der Waals surface area contributed by atoms with E-state index in [9.17, 15) is 4.79 Å². The zero-order chi connectivity index (χ0) is 15.1. The monoisotopic (exact) mass is 271 g/mol. The standard InChI is InChI=1S/C17H21NO2/c1-10-7-13(17(4,5)6)8-11(2)15(10)16-14(12(3)19)9-18-20-16/h7-9H,1-6H3. The third kappa shape index (κ3) is 2.53. The van der Waals surface area contributed by atoms with E-state index in [2.05, 4.69) is 38.1 Å². The fourth-order valence-corrected chi connectivity index (χ4v) is 2.43. The lowest BCUT2D eigenvalue weighted by Gasteiger charge is -2.22. The molecule has 0 aliphatic heterocycles. The van der Waals surface area contributed by atoms with Gasteiger partial charge < -0.3 is 4.52 Å². The van der Waals surface area contributed by atoms with Crippen LogP contribution >= 0.6 is 0 Å². The molecule has 0 unspecified atom stereocenters. The molecule has 1 heterocycles. The van der Waals surface area contributed by atoms with Crippen LogP contribution in [0.5, 0.6) is 0 Å². The molecule has 0 N–H and O–H groups in total. The van der Waals surface area contributed by atoms with Crippen LogP contribution in [0.1, 0.15) is 54.7 Å². The molecular formula is C17H21NO2. The second kappa shape index (κ2) is 4.89. The lowest BCUT2D eigenvalue weighted by molar-refractivity contribution is 0.101. The van der Waals surface area contributed by atoms with Crippen molar-refractivity contribution in [1.29, 1.82) is 0 Å². The van der Waals surface area contributed by atoms with Crippen LogP contribution in [0.15, 0.2) is 22.9 Å². The maximum Gasteiger partial charge on any atom is 0.178 e. The van der Waals surface area contributed by atoms with Crippen LogP contribution in [0.3, 0.4) is 0 Å². The molecular weight excluding hydrogens is 250 g/mol. The molecule has 1 aromatic carbocycles. The Labute approximate surface area is 120 Å². The van der Waals surface area contributed by atoms with E-state index in [-0.39, 0.29) is 11.2 Å². The molecule has 0 aliphatic rings. The molecule has 106 valence electrons. The molecule has 0 bridgehead atoms. The fourth-order valence-electron chi connectivity index (χ4n) is 2.43. The van der Waals surface area contributed by atoms with Crippen molar-refractivity contribution in [2.24, 2.45) is 0 Å². The second-order valence-corrected chi connectivity index (χ2v) is 6.36. The molecule has 2 aromatic rings. The third-order valence-corrected chi connectivity index (χ3v) is 3.58. The predicted molar refractivity (Wildman–Crippen MR) is 80.1 cm³/mol. The molecule has 2 rings (SSSR count). The molecule has 3 nitrogen and oxygen atoms in total. The fraction of sp³-hybridized carbons (Fsp3) is 0.412. The zero-order valence-electron chi connectivity index (χ0n) is 13.0. The summed E-state index contributed by atoms with van der Waals surface area (Å²) < 4.78 is 5.33. The van der Waals surface area contributed by atoms with Crippen molar-refractivity contribution in [3.8, 4) is 11.3 Å². The van der Waals surface area contributed by atoms with Gasteiger partial charge in [-0.05, 0) is 42.9 Å². The minimum Gasteiger partial charge on any atom is -0.355 e. The molecule has 0 amide bonds. The summed E-state index contributed by atoms with van der Waals surface area (Å²) in [5.41, 5.74) is 5.10. The van der Waals surface area contributed by atoms with Crippen LogP contribution < -0.4 is 0 Å². The van der Waals surface area contributed by atoms with Gasteiger partial charge in [0.15, 0.2) is 11.5 Å². The molecule has 1 aromatic heterocycles. The average Bonchev–Trinajstić information content (AvgIpc) is 2.75. The summed E-state index contributed by atoms with van der Waals surface area (Å²) in [4.78, 5) is 11.6. The summed E-state index contributed by atoms with van der Waals surface area (Å²) in [6.07, 6.45) is 1.49. The smallest absolute Gasteiger partial charge is 0.178 e. The predicted octanol–water partition coefficient (Wildman–Crippen LogP) is 4.46. The molecule has 20 heavy (non-hydrogen) atoms. The molecule has 3 heteroatoms. The number of Topliss-reactive ketones (excluding diaryl/α,β-unsaturated/α-hetero) is 1. The lowest BCUT2D eigenvalue weighted by atomic mass is 9.83. The summed E-state index contributed by atoms with van der Waals surface area (Å²) in [7, 11) is 0. The minimum atomic E-state index is -0.0278. The topological polar surface area (TPSA) is 43.1 Å². The second-order valence-electron chi connectivity index (χ2n) is 6.36. The van der Waals surface area contributed by atoms with Crippen LogP contribution in [-0.2, 0) is 5.41 Å². The van der Waals surface area contributed by atoms with Crippen molar-refractivity contribution < 1.29 is 9.32 Å². The minimum absolute atomic E-state index is 0.0278. The number of hydrogen-bond donors (Lipinski definition) is 0. The van der Waals surface area contributed by atoms with Gasteiger partial charge in [-0.1, -0.05) is 38.1 Å². The van der Waals surface area contributed by atoms with E-state index in [4.69, 9.17) is 4.52 Å². The summed E-state index contributed by atoms with van der Waals surface area (Å²) in [5.74, 6) is 0.549. The molecule has 0 fully saturated rings. The van der Waals surface area contributed by atoms with Crippen LogP contribution in [0.25, 0.3) is 11.3 Å². The molecule has 0 atom stereocenters. The van der Waals surface area contributed by atoms with E-state index >= 15 is 0 Å².